The second-order valence-electron chi connectivity index (χ2n) is 13.2. The van der Waals surface area contributed by atoms with E-state index < -0.39 is 17.2 Å². The zero-order valence-electron chi connectivity index (χ0n) is 29.6. The van der Waals surface area contributed by atoms with Crippen molar-refractivity contribution in [3.8, 4) is 22.6 Å². The predicted molar refractivity (Wildman–Crippen MR) is 211 cm³/mol. The molecular formula is C47H37F2N3O2. The Kier molecular flexibility index (Phi) is 9.36. The Morgan fingerprint density at radius 3 is 1.69 bits per heavy atom. The van der Waals surface area contributed by atoms with Crippen molar-refractivity contribution >= 4 is 16.7 Å². The fourth-order valence-electron chi connectivity index (χ4n) is 7.36. The number of ether oxygens (including phenoxy) is 2. The van der Waals surface area contributed by atoms with E-state index in [-0.39, 0.29) is 6.42 Å². The molecule has 0 aliphatic heterocycles. The second kappa shape index (κ2) is 14.7. The van der Waals surface area contributed by atoms with Crippen molar-refractivity contribution in [1.29, 1.82) is 0 Å². The number of nitrogens with two attached hydrogens (primary N) is 1. The van der Waals surface area contributed by atoms with Crippen LogP contribution in [0.15, 0.2) is 170 Å². The molecule has 2 N–H and O–H groups in total. The molecule has 8 aromatic rings. The second-order valence-corrected chi connectivity index (χ2v) is 13.2. The third-order valence-electron chi connectivity index (χ3n) is 9.87. The lowest BCUT2D eigenvalue weighted by Gasteiger charge is -2.37. The molecule has 7 aromatic carbocycles. The largest absolute Gasteiger partial charge is 0.497 e. The van der Waals surface area contributed by atoms with E-state index in [4.69, 9.17) is 20.3 Å². The standard InChI is InChI=1S/C47H37F2N3O2/c1-53-41-21-17-32(18-22-41)31-54-42-23-19-34(20-24-42)43-30-45-44(28-35(43)25-33-26-39(48)29-40(49)27-33)46(50)51-52(45)47(36-11-5-2-6-12-36,37-13-7-3-8-14-37)38-15-9-4-10-16-38/h2-24,26-30H,25,31H2,1H3,(H2,50,51). The predicted octanol–water partition coefficient (Wildman–Crippen LogP) is 10.6. The van der Waals surface area contributed by atoms with E-state index in [0.717, 1.165) is 61.7 Å². The summed E-state index contributed by atoms with van der Waals surface area (Å²) in [4.78, 5) is 0. The van der Waals surface area contributed by atoms with Crippen LogP contribution in [0.2, 0.25) is 0 Å². The van der Waals surface area contributed by atoms with Gasteiger partial charge in [0, 0.05) is 11.5 Å². The molecule has 0 saturated heterocycles. The average molecular weight is 714 g/mol. The number of nitrogen functional groups attached to an aromatic ring is 1. The van der Waals surface area contributed by atoms with E-state index in [2.05, 4.69) is 42.5 Å². The van der Waals surface area contributed by atoms with Gasteiger partial charge in [-0.15, -0.1) is 0 Å². The number of halogens is 2. The summed E-state index contributed by atoms with van der Waals surface area (Å²) in [7, 11) is 1.64. The molecule has 54 heavy (non-hydrogen) atoms. The first-order chi connectivity index (χ1) is 26.4. The van der Waals surface area contributed by atoms with E-state index in [1.807, 2.05) is 114 Å². The van der Waals surface area contributed by atoms with E-state index in [0.29, 0.717) is 23.7 Å². The first-order valence-corrected chi connectivity index (χ1v) is 17.7. The van der Waals surface area contributed by atoms with Crippen LogP contribution in [0.5, 0.6) is 11.5 Å². The number of methoxy groups -OCH3 is 1. The number of aromatic nitrogens is 2. The van der Waals surface area contributed by atoms with E-state index in [1.165, 1.54) is 12.1 Å². The molecule has 0 aliphatic rings. The Balaban J connectivity index is 1.31. The van der Waals surface area contributed by atoms with Crippen LogP contribution in [0.3, 0.4) is 0 Å². The molecule has 0 saturated carbocycles. The van der Waals surface area contributed by atoms with Crippen molar-refractivity contribution in [2.75, 3.05) is 12.8 Å². The van der Waals surface area contributed by atoms with Gasteiger partial charge in [0.05, 0.1) is 12.6 Å². The van der Waals surface area contributed by atoms with Gasteiger partial charge >= 0.3 is 0 Å². The normalized spacial score (nSPS) is 11.5. The highest BCUT2D eigenvalue weighted by Gasteiger charge is 2.41. The first kappa shape index (κ1) is 34.4. The molecule has 0 radical (unpaired) electrons. The molecule has 0 unspecified atom stereocenters. The maximum Gasteiger partial charge on any atom is 0.153 e. The smallest absolute Gasteiger partial charge is 0.153 e. The molecule has 0 spiro atoms. The van der Waals surface area contributed by atoms with Gasteiger partial charge in [0.15, 0.2) is 5.82 Å². The van der Waals surface area contributed by atoms with Gasteiger partial charge in [0.25, 0.3) is 0 Å². The van der Waals surface area contributed by atoms with Gasteiger partial charge in [-0.3, -0.25) is 0 Å². The lowest BCUT2D eigenvalue weighted by Crippen LogP contribution is -2.38. The number of nitrogens with zero attached hydrogens (tertiary/aromatic N) is 2. The Morgan fingerprint density at radius 2 is 1.15 bits per heavy atom. The van der Waals surface area contributed by atoms with E-state index in [9.17, 15) is 8.78 Å². The highest BCUT2D eigenvalue weighted by Crippen LogP contribution is 2.44. The van der Waals surface area contributed by atoms with Crippen LogP contribution in [-0.2, 0) is 18.6 Å². The summed E-state index contributed by atoms with van der Waals surface area (Å²) in [5.74, 6) is 0.578. The van der Waals surface area contributed by atoms with Crippen molar-refractivity contribution in [3.05, 3.63) is 215 Å². The van der Waals surface area contributed by atoms with Crippen LogP contribution in [0.25, 0.3) is 22.0 Å². The molecule has 8 rings (SSSR count). The molecule has 1 aromatic heterocycles. The number of hydrogen-bond acceptors (Lipinski definition) is 4. The van der Waals surface area contributed by atoms with Gasteiger partial charge in [0.2, 0.25) is 0 Å². The summed E-state index contributed by atoms with van der Waals surface area (Å²) in [5, 5.41) is 5.86. The SMILES string of the molecule is COc1ccc(COc2ccc(-c3cc4c(cc3Cc3cc(F)cc(F)c3)c(N)nn4C(c3ccccc3)(c3ccccc3)c3ccccc3)cc2)cc1. The Bertz CT molecular complexity index is 2400. The highest BCUT2D eigenvalue weighted by atomic mass is 19.1. The summed E-state index contributed by atoms with van der Waals surface area (Å²) in [6, 6.07) is 54.2. The van der Waals surface area contributed by atoms with Gasteiger partial charge < -0.3 is 15.2 Å². The van der Waals surface area contributed by atoms with Crippen molar-refractivity contribution in [1.82, 2.24) is 9.78 Å². The van der Waals surface area contributed by atoms with Crippen molar-refractivity contribution in [2.45, 2.75) is 18.6 Å². The summed E-state index contributed by atoms with van der Waals surface area (Å²) < 4.78 is 42.4. The number of fused-ring (bicyclic) bond motifs is 1. The highest BCUT2D eigenvalue weighted by molar-refractivity contribution is 5.94. The van der Waals surface area contributed by atoms with Gasteiger partial charge in [-0.25, -0.2) is 13.5 Å². The first-order valence-electron chi connectivity index (χ1n) is 17.7. The van der Waals surface area contributed by atoms with Crippen LogP contribution in [-0.4, -0.2) is 16.9 Å². The summed E-state index contributed by atoms with van der Waals surface area (Å²) >= 11 is 0. The molecule has 0 fully saturated rings. The van der Waals surface area contributed by atoms with Crippen LogP contribution in [0.1, 0.15) is 33.4 Å². The lowest BCUT2D eigenvalue weighted by molar-refractivity contribution is 0.306. The molecule has 0 amide bonds. The Hall–Kier alpha value is -6.73. The number of anilines is 1. The topological polar surface area (TPSA) is 62.3 Å². The quantitative estimate of drug-likeness (QED) is 0.136. The molecule has 0 aliphatic carbocycles. The maximum absolute atomic E-state index is 14.5. The average Bonchev–Trinajstić information content (AvgIpc) is 3.53. The molecule has 0 atom stereocenters. The minimum absolute atomic E-state index is 0.265. The summed E-state index contributed by atoms with van der Waals surface area (Å²) in [6.45, 7) is 0.394. The van der Waals surface area contributed by atoms with Gasteiger partial charge in [-0.05, 0) is 99.5 Å². The maximum atomic E-state index is 14.5. The zero-order chi connectivity index (χ0) is 37.1. The summed E-state index contributed by atoms with van der Waals surface area (Å²) in [6.07, 6.45) is 0.265. The van der Waals surface area contributed by atoms with Crippen LogP contribution in [0, 0.1) is 11.6 Å². The molecule has 7 heteroatoms. The zero-order valence-corrected chi connectivity index (χ0v) is 29.6. The molecular weight excluding hydrogens is 677 g/mol. The lowest BCUT2D eigenvalue weighted by atomic mass is 9.77. The van der Waals surface area contributed by atoms with Crippen LogP contribution < -0.4 is 15.2 Å². The Labute approximate surface area is 312 Å². The van der Waals surface area contributed by atoms with Crippen molar-refractivity contribution in [2.24, 2.45) is 0 Å². The van der Waals surface area contributed by atoms with Crippen LogP contribution >= 0.6 is 0 Å². The van der Waals surface area contributed by atoms with Gasteiger partial charge in [-0.2, -0.15) is 5.10 Å². The third-order valence-corrected chi connectivity index (χ3v) is 9.87. The fourth-order valence-corrected chi connectivity index (χ4v) is 7.36. The molecule has 0 bridgehead atoms. The number of rotatable bonds is 11. The van der Waals surface area contributed by atoms with Crippen molar-refractivity contribution < 1.29 is 18.3 Å². The minimum Gasteiger partial charge on any atom is -0.497 e. The minimum atomic E-state index is -0.913. The van der Waals surface area contributed by atoms with Crippen molar-refractivity contribution in [3.63, 3.8) is 0 Å². The van der Waals surface area contributed by atoms with E-state index >= 15 is 0 Å². The van der Waals surface area contributed by atoms with Gasteiger partial charge in [-0.1, -0.05) is 115 Å². The molecule has 1 heterocycles. The Morgan fingerprint density at radius 1 is 0.611 bits per heavy atom. The fraction of sp³-hybridized carbons (Fsp3) is 0.0851. The number of benzene rings is 7. The monoisotopic (exact) mass is 713 g/mol. The van der Waals surface area contributed by atoms with E-state index in [1.54, 1.807) is 7.11 Å². The summed E-state index contributed by atoms with van der Waals surface area (Å²) in [5.41, 5.74) is 13.9. The van der Waals surface area contributed by atoms with Crippen LogP contribution in [0.4, 0.5) is 14.6 Å². The van der Waals surface area contributed by atoms with Gasteiger partial charge in [0.1, 0.15) is 35.3 Å². The molecule has 266 valence electrons. The third kappa shape index (κ3) is 6.56. The number of hydrogen-bond donors (Lipinski definition) is 1. The molecule has 5 nitrogen and oxygen atoms in total.